The zero-order valence-corrected chi connectivity index (χ0v) is 7.97. The van der Waals surface area contributed by atoms with Gasteiger partial charge >= 0.3 is 0 Å². The molecule has 0 spiro atoms. The summed E-state index contributed by atoms with van der Waals surface area (Å²) < 4.78 is 0. The van der Waals surface area contributed by atoms with E-state index in [4.69, 9.17) is 0 Å². The maximum absolute atomic E-state index is 11.7. The first-order valence-electron chi connectivity index (χ1n) is 4.90. The van der Waals surface area contributed by atoms with Crippen molar-refractivity contribution in [3.05, 3.63) is 0 Å². The van der Waals surface area contributed by atoms with E-state index in [-0.39, 0.29) is 11.7 Å². The maximum Gasteiger partial charge on any atom is 0.167 e. The lowest BCUT2D eigenvalue weighted by molar-refractivity contribution is -0.145. The number of carbonyl (C=O) groups excluding carboxylic acids is 1. The van der Waals surface area contributed by atoms with Gasteiger partial charge in [0.05, 0.1) is 0 Å². The summed E-state index contributed by atoms with van der Waals surface area (Å²) in [5.41, 5.74) is -1.02. The summed E-state index contributed by atoms with van der Waals surface area (Å²) in [6, 6.07) is 0. The maximum atomic E-state index is 11.7. The van der Waals surface area contributed by atoms with Crippen LogP contribution < -0.4 is 0 Å². The highest BCUT2D eigenvalue weighted by molar-refractivity contribution is 5.89. The second-order valence-electron chi connectivity index (χ2n) is 3.73. The first-order valence-corrected chi connectivity index (χ1v) is 4.90. The largest absolute Gasteiger partial charge is 0.382 e. The fourth-order valence-corrected chi connectivity index (χ4v) is 1.65. The molecule has 0 bridgehead atoms. The van der Waals surface area contributed by atoms with Crippen molar-refractivity contribution < 1.29 is 9.90 Å². The van der Waals surface area contributed by atoms with Crippen LogP contribution in [0.3, 0.4) is 0 Å². The van der Waals surface area contributed by atoms with Crippen LogP contribution in [0.15, 0.2) is 0 Å². The van der Waals surface area contributed by atoms with Crippen LogP contribution >= 0.6 is 0 Å². The number of carbonyl (C=O) groups is 1. The van der Waals surface area contributed by atoms with Crippen molar-refractivity contribution in [2.24, 2.45) is 5.92 Å². The molecule has 2 heteroatoms. The first kappa shape index (κ1) is 9.72. The zero-order valence-electron chi connectivity index (χ0n) is 7.97. The molecule has 1 aliphatic rings. The van der Waals surface area contributed by atoms with E-state index in [1.54, 1.807) is 0 Å². The molecule has 0 aromatic heterocycles. The van der Waals surface area contributed by atoms with Gasteiger partial charge in [-0.25, -0.2) is 0 Å². The van der Waals surface area contributed by atoms with Crippen LogP contribution in [0, 0.1) is 5.92 Å². The van der Waals surface area contributed by atoms with E-state index in [1.165, 1.54) is 0 Å². The molecule has 0 atom stereocenters. The molecule has 0 unspecified atom stereocenters. The van der Waals surface area contributed by atoms with Gasteiger partial charge in [0.15, 0.2) is 5.78 Å². The van der Waals surface area contributed by atoms with E-state index in [0.29, 0.717) is 12.8 Å². The molecular weight excluding hydrogens is 152 g/mol. The molecule has 1 rings (SSSR count). The van der Waals surface area contributed by atoms with Crippen LogP contribution in [0.1, 0.15) is 46.0 Å². The predicted molar refractivity (Wildman–Crippen MR) is 47.9 cm³/mol. The monoisotopic (exact) mass is 170 g/mol. The lowest BCUT2D eigenvalue weighted by atomic mass is 9.74. The Bertz CT molecular complexity index is 167. The van der Waals surface area contributed by atoms with Crippen LogP contribution in [0.4, 0.5) is 0 Å². The van der Waals surface area contributed by atoms with Crippen molar-refractivity contribution in [1.82, 2.24) is 0 Å². The van der Waals surface area contributed by atoms with Crippen molar-refractivity contribution in [2.75, 3.05) is 0 Å². The molecule has 0 saturated heterocycles. The third-order valence-electron chi connectivity index (χ3n) is 3.10. The highest BCUT2D eigenvalue weighted by Gasteiger charge is 2.39. The Hall–Kier alpha value is -0.370. The Balaban J connectivity index is 2.58. The summed E-state index contributed by atoms with van der Waals surface area (Å²) >= 11 is 0. The van der Waals surface area contributed by atoms with Crippen LogP contribution in [0.5, 0.6) is 0 Å². The average Bonchev–Trinajstić information content (AvgIpc) is 2.00. The normalized spacial score (nSPS) is 18.9. The van der Waals surface area contributed by atoms with Crippen molar-refractivity contribution in [2.45, 2.75) is 51.6 Å². The second-order valence-corrected chi connectivity index (χ2v) is 3.73. The fourth-order valence-electron chi connectivity index (χ4n) is 1.65. The summed E-state index contributed by atoms with van der Waals surface area (Å²) in [4.78, 5) is 11.7. The molecule has 1 aliphatic carbocycles. The Kier molecular flexibility index (Phi) is 2.89. The molecule has 0 aliphatic heterocycles. The zero-order chi connectivity index (χ0) is 9.19. The van der Waals surface area contributed by atoms with E-state index < -0.39 is 5.60 Å². The summed E-state index contributed by atoms with van der Waals surface area (Å²) in [5, 5.41) is 9.88. The quantitative estimate of drug-likeness (QED) is 0.699. The van der Waals surface area contributed by atoms with Gasteiger partial charge < -0.3 is 5.11 Å². The summed E-state index contributed by atoms with van der Waals surface area (Å²) in [5.74, 6) is 0.244. The molecule has 0 radical (unpaired) electrons. The van der Waals surface area contributed by atoms with Gasteiger partial charge in [0.2, 0.25) is 0 Å². The number of ketones is 1. The number of rotatable bonds is 4. The minimum atomic E-state index is -1.02. The Morgan fingerprint density at radius 1 is 1.42 bits per heavy atom. The summed E-state index contributed by atoms with van der Waals surface area (Å²) in [6.45, 7) is 3.75. The minimum absolute atomic E-state index is 0.0822. The van der Waals surface area contributed by atoms with Gasteiger partial charge in [-0.15, -0.1) is 0 Å². The van der Waals surface area contributed by atoms with E-state index in [0.717, 1.165) is 19.3 Å². The molecule has 1 fully saturated rings. The SMILES string of the molecule is CCC(O)(CC)C(=O)C1CCC1. The van der Waals surface area contributed by atoms with E-state index in [1.807, 2.05) is 13.8 Å². The van der Waals surface area contributed by atoms with Crippen LogP contribution in [-0.4, -0.2) is 16.5 Å². The molecule has 0 amide bonds. The van der Waals surface area contributed by atoms with Crippen molar-refractivity contribution in [1.29, 1.82) is 0 Å². The molecule has 70 valence electrons. The molecular formula is C10H18O2. The number of aliphatic hydroxyl groups is 1. The Labute approximate surface area is 74.0 Å². The fraction of sp³-hybridized carbons (Fsp3) is 0.900. The van der Waals surface area contributed by atoms with Gasteiger partial charge in [-0.05, 0) is 25.7 Å². The molecule has 0 heterocycles. The summed E-state index contributed by atoms with van der Waals surface area (Å²) in [6.07, 6.45) is 4.24. The van der Waals surface area contributed by atoms with Gasteiger partial charge in [-0.2, -0.15) is 0 Å². The number of hydrogen-bond donors (Lipinski definition) is 1. The highest BCUT2D eigenvalue weighted by Crippen LogP contribution is 2.33. The van der Waals surface area contributed by atoms with Crippen LogP contribution in [0.25, 0.3) is 0 Å². The van der Waals surface area contributed by atoms with E-state index in [2.05, 4.69) is 0 Å². The smallest absolute Gasteiger partial charge is 0.167 e. The van der Waals surface area contributed by atoms with E-state index >= 15 is 0 Å². The highest BCUT2D eigenvalue weighted by atomic mass is 16.3. The van der Waals surface area contributed by atoms with Gasteiger partial charge in [-0.1, -0.05) is 20.3 Å². The van der Waals surface area contributed by atoms with Gasteiger partial charge in [0, 0.05) is 5.92 Å². The third kappa shape index (κ3) is 1.53. The van der Waals surface area contributed by atoms with Crippen LogP contribution in [-0.2, 0) is 4.79 Å². The van der Waals surface area contributed by atoms with E-state index in [9.17, 15) is 9.90 Å². The van der Waals surface area contributed by atoms with Gasteiger partial charge in [0.1, 0.15) is 5.60 Å². The minimum Gasteiger partial charge on any atom is -0.382 e. The van der Waals surface area contributed by atoms with Crippen molar-refractivity contribution in [3.63, 3.8) is 0 Å². The topological polar surface area (TPSA) is 37.3 Å². The number of Topliss-reactive ketones (excluding diaryl/α,β-unsaturated/α-hetero) is 1. The molecule has 12 heavy (non-hydrogen) atoms. The Morgan fingerprint density at radius 2 is 1.92 bits per heavy atom. The first-order chi connectivity index (χ1) is 5.64. The van der Waals surface area contributed by atoms with Gasteiger partial charge in [0.25, 0.3) is 0 Å². The van der Waals surface area contributed by atoms with Crippen molar-refractivity contribution >= 4 is 5.78 Å². The number of hydrogen-bond acceptors (Lipinski definition) is 2. The standard InChI is InChI=1S/C10H18O2/c1-3-10(12,4-2)9(11)8-6-5-7-8/h8,12H,3-7H2,1-2H3. The Morgan fingerprint density at radius 3 is 2.17 bits per heavy atom. The molecule has 1 saturated carbocycles. The van der Waals surface area contributed by atoms with Gasteiger partial charge in [-0.3, -0.25) is 4.79 Å². The predicted octanol–water partition coefficient (Wildman–Crippen LogP) is 1.91. The molecule has 0 aromatic carbocycles. The second kappa shape index (κ2) is 3.56. The average molecular weight is 170 g/mol. The lowest BCUT2D eigenvalue weighted by Crippen LogP contribution is -2.43. The lowest BCUT2D eigenvalue weighted by Gasteiger charge is -2.32. The molecule has 2 nitrogen and oxygen atoms in total. The molecule has 1 N–H and O–H groups in total. The van der Waals surface area contributed by atoms with Crippen molar-refractivity contribution in [3.8, 4) is 0 Å². The van der Waals surface area contributed by atoms with Crippen LogP contribution in [0.2, 0.25) is 0 Å². The summed E-state index contributed by atoms with van der Waals surface area (Å²) in [7, 11) is 0. The third-order valence-corrected chi connectivity index (χ3v) is 3.10. The molecule has 0 aromatic rings.